The molecule has 21 heavy (non-hydrogen) atoms. The van der Waals surface area contributed by atoms with Gasteiger partial charge in [0.05, 0.1) is 13.5 Å². The van der Waals surface area contributed by atoms with Crippen molar-refractivity contribution in [3.8, 4) is 0 Å². The monoisotopic (exact) mass is 343 g/mol. The average Bonchev–Trinajstić information content (AvgIpc) is 2.43. The summed E-state index contributed by atoms with van der Waals surface area (Å²) in [5.74, 6) is -0.419. The van der Waals surface area contributed by atoms with Gasteiger partial charge in [0.2, 0.25) is 0 Å². The van der Waals surface area contributed by atoms with Crippen LogP contribution in [0.15, 0.2) is 0 Å². The van der Waals surface area contributed by atoms with Gasteiger partial charge < -0.3 is 10.1 Å². The number of carbonyl (C=O) groups excluding carboxylic acids is 1. The van der Waals surface area contributed by atoms with E-state index in [9.17, 15) is 13.2 Å². The molecule has 1 fully saturated rings. The third-order valence-corrected chi connectivity index (χ3v) is 5.27. The molecule has 0 saturated carbocycles. The van der Waals surface area contributed by atoms with Crippen LogP contribution in [0.1, 0.15) is 26.2 Å². The van der Waals surface area contributed by atoms with Gasteiger partial charge in [-0.1, -0.05) is 6.92 Å². The molecular weight excluding hydrogens is 318 g/mol. The van der Waals surface area contributed by atoms with Crippen molar-refractivity contribution in [2.75, 3.05) is 40.3 Å². The number of nitrogens with one attached hydrogen (secondary N) is 2. The number of carbonyl (C=O) groups is 1. The summed E-state index contributed by atoms with van der Waals surface area (Å²) in [5.41, 5.74) is -0.0124. The van der Waals surface area contributed by atoms with Crippen LogP contribution in [0.25, 0.3) is 0 Å². The number of methoxy groups -OCH3 is 1. The summed E-state index contributed by atoms with van der Waals surface area (Å²) in [6, 6.07) is 0. The van der Waals surface area contributed by atoms with Crippen molar-refractivity contribution in [2.45, 2.75) is 26.2 Å². The highest BCUT2D eigenvalue weighted by atomic mass is 35.5. The van der Waals surface area contributed by atoms with Gasteiger partial charge in [0, 0.05) is 20.1 Å². The lowest BCUT2D eigenvalue weighted by atomic mass is 9.81. The topological polar surface area (TPSA) is 87.7 Å². The fourth-order valence-corrected chi connectivity index (χ4v) is 3.14. The lowest BCUT2D eigenvalue weighted by Gasteiger charge is -2.34. The van der Waals surface area contributed by atoms with Crippen molar-refractivity contribution < 1.29 is 17.9 Å². The minimum Gasteiger partial charge on any atom is -0.469 e. The standard InChI is InChI=1S/C12H25N3O4S.ClH/c1-12(5-7-13-8-6-12)10-14-20(17,18)15(2)9-4-11(16)19-3;/h13-14H,4-10H2,1-3H3;1H. The van der Waals surface area contributed by atoms with E-state index < -0.39 is 16.2 Å². The van der Waals surface area contributed by atoms with Gasteiger partial charge in [0.25, 0.3) is 10.2 Å². The first-order valence-electron chi connectivity index (χ1n) is 6.77. The Morgan fingerprint density at radius 3 is 2.48 bits per heavy atom. The zero-order valence-electron chi connectivity index (χ0n) is 12.8. The summed E-state index contributed by atoms with van der Waals surface area (Å²) >= 11 is 0. The maximum Gasteiger partial charge on any atom is 0.306 e. The van der Waals surface area contributed by atoms with Crippen molar-refractivity contribution in [2.24, 2.45) is 5.41 Å². The summed E-state index contributed by atoms with van der Waals surface area (Å²) in [7, 11) is -0.807. The number of piperidine rings is 1. The minimum absolute atomic E-state index is 0. The first-order chi connectivity index (χ1) is 9.29. The fourth-order valence-electron chi connectivity index (χ4n) is 2.05. The lowest BCUT2D eigenvalue weighted by Crippen LogP contribution is -2.46. The first kappa shape index (κ1) is 20.6. The van der Waals surface area contributed by atoms with E-state index in [1.165, 1.54) is 14.2 Å². The molecule has 1 aliphatic heterocycles. The average molecular weight is 344 g/mol. The molecule has 0 amide bonds. The Balaban J connectivity index is 0.00000400. The lowest BCUT2D eigenvalue weighted by molar-refractivity contribution is -0.140. The Morgan fingerprint density at radius 2 is 1.95 bits per heavy atom. The van der Waals surface area contributed by atoms with E-state index in [1.54, 1.807) is 0 Å². The van der Waals surface area contributed by atoms with Crippen LogP contribution in [-0.4, -0.2) is 59.0 Å². The van der Waals surface area contributed by atoms with Gasteiger partial charge in [-0.2, -0.15) is 12.7 Å². The van der Waals surface area contributed by atoms with Crippen LogP contribution < -0.4 is 10.0 Å². The Hall–Kier alpha value is -0.410. The maximum absolute atomic E-state index is 12.1. The SMILES string of the molecule is COC(=O)CCN(C)S(=O)(=O)NCC1(C)CCNCC1.Cl. The summed E-state index contributed by atoms with van der Waals surface area (Å²) in [5, 5.41) is 3.26. The second-order valence-corrected chi connectivity index (χ2v) is 7.40. The van der Waals surface area contributed by atoms with Crippen molar-refractivity contribution in [3.05, 3.63) is 0 Å². The molecule has 1 heterocycles. The molecule has 0 radical (unpaired) electrons. The van der Waals surface area contributed by atoms with Crippen molar-refractivity contribution in [1.29, 1.82) is 0 Å². The van der Waals surface area contributed by atoms with Gasteiger partial charge in [0.15, 0.2) is 0 Å². The van der Waals surface area contributed by atoms with Gasteiger partial charge in [-0.05, 0) is 31.3 Å². The number of halogens is 1. The third-order valence-electron chi connectivity index (χ3n) is 3.76. The van der Waals surface area contributed by atoms with Crippen molar-refractivity contribution in [1.82, 2.24) is 14.3 Å². The molecule has 0 aromatic heterocycles. The Kier molecular flexibility index (Phi) is 8.72. The van der Waals surface area contributed by atoms with E-state index in [1.807, 2.05) is 0 Å². The summed E-state index contributed by atoms with van der Waals surface area (Å²) in [4.78, 5) is 11.0. The second-order valence-electron chi connectivity index (χ2n) is 5.53. The normalized spacial score (nSPS) is 18.1. The number of rotatable bonds is 7. The molecule has 0 spiro atoms. The van der Waals surface area contributed by atoms with Crippen molar-refractivity contribution >= 4 is 28.6 Å². The molecule has 7 nitrogen and oxygen atoms in total. The molecular formula is C12H26ClN3O4S. The number of hydrogen-bond acceptors (Lipinski definition) is 5. The van der Waals surface area contributed by atoms with E-state index in [-0.39, 0.29) is 30.8 Å². The van der Waals surface area contributed by atoms with Crippen LogP contribution in [0.5, 0.6) is 0 Å². The van der Waals surface area contributed by atoms with Crippen LogP contribution in [0.3, 0.4) is 0 Å². The predicted molar refractivity (Wildman–Crippen MR) is 83.6 cm³/mol. The van der Waals surface area contributed by atoms with Gasteiger partial charge in [-0.25, -0.2) is 4.72 Å². The van der Waals surface area contributed by atoms with E-state index >= 15 is 0 Å². The fraction of sp³-hybridized carbons (Fsp3) is 0.917. The highest BCUT2D eigenvalue weighted by Gasteiger charge is 2.29. The van der Waals surface area contributed by atoms with Crippen LogP contribution >= 0.6 is 12.4 Å². The third kappa shape index (κ3) is 6.92. The highest BCUT2D eigenvalue weighted by molar-refractivity contribution is 7.87. The molecule has 9 heteroatoms. The van der Waals surface area contributed by atoms with E-state index in [2.05, 4.69) is 21.7 Å². The zero-order chi connectivity index (χ0) is 15.2. The first-order valence-corrected chi connectivity index (χ1v) is 8.21. The van der Waals surface area contributed by atoms with Gasteiger partial charge in [-0.15, -0.1) is 12.4 Å². The van der Waals surface area contributed by atoms with E-state index in [0.29, 0.717) is 6.54 Å². The van der Waals surface area contributed by atoms with Gasteiger partial charge in [0.1, 0.15) is 0 Å². The van der Waals surface area contributed by atoms with Crippen LogP contribution in [-0.2, 0) is 19.7 Å². The molecule has 0 unspecified atom stereocenters. The molecule has 0 aromatic carbocycles. The molecule has 0 bridgehead atoms. The summed E-state index contributed by atoms with van der Waals surface area (Å²) < 4.78 is 32.4. The minimum atomic E-state index is -3.55. The zero-order valence-corrected chi connectivity index (χ0v) is 14.5. The molecule has 1 aliphatic rings. The van der Waals surface area contributed by atoms with Crippen LogP contribution in [0.4, 0.5) is 0 Å². The maximum atomic E-state index is 12.1. The number of nitrogens with zero attached hydrogens (tertiary/aromatic N) is 1. The number of esters is 1. The van der Waals surface area contributed by atoms with Crippen LogP contribution in [0.2, 0.25) is 0 Å². The number of hydrogen-bond donors (Lipinski definition) is 2. The predicted octanol–water partition coefficient (Wildman–Crippen LogP) is 0.127. The molecule has 2 N–H and O–H groups in total. The number of ether oxygens (including phenoxy) is 1. The molecule has 126 valence electrons. The van der Waals surface area contributed by atoms with Crippen LogP contribution in [0, 0.1) is 5.41 Å². The molecule has 0 aliphatic carbocycles. The highest BCUT2D eigenvalue weighted by Crippen LogP contribution is 2.26. The smallest absolute Gasteiger partial charge is 0.306 e. The molecule has 0 atom stereocenters. The Bertz CT molecular complexity index is 424. The largest absolute Gasteiger partial charge is 0.469 e. The van der Waals surface area contributed by atoms with Crippen molar-refractivity contribution in [3.63, 3.8) is 0 Å². The second kappa shape index (κ2) is 8.89. The quantitative estimate of drug-likeness (QED) is 0.641. The Morgan fingerprint density at radius 1 is 1.38 bits per heavy atom. The molecule has 0 aromatic rings. The summed E-state index contributed by atoms with van der Waals surface area (Å²) in [6.45, 7) is 4.44. The molecule has 1 saturated heterocycles. The Labute approximate surface area is 133 Å². The van der Waals surface area contributed by atoms with E-state index in [0.717, 1.165) is 30.2 Å². The van der Waals surface area contributed by atoms with E-state index in [4.69, 9.17) is 0 Å². The van der Waals surface area contributed by atoms with Gasteiger partial charge in [-0.3, -0.25) is 4.79 Å². The summed E-state index contributed by atoms with van der Waals surface area (Å²) in [6.07, 6.45) is 1.94. The molecule has 1 rings (SSSR count). The van der Waals surface area contributed by atoms with Gasteiger partial charge >= 0.3 is 5.97 Å².